The third-order valence-electron chi connectivity index (χ3n) is 5.31. The highest BCUT2D eigenvalue weighted by atomic mass is 19.1. The van der Waals surface area contributed by atoms with Gasteiger partial charge in [0.15, 0.2) is 6.04 Å². The Kier molecular flexibility index (Phi) is 5.62. The lowest BCUT2D eigenvalue weighted by molar-refractivity contribution is -0.596. The van der Waals surface area contributed by atoms with Gasteiger partial charge in [0.1, 0.15) is 5.82 Å². The maximum atomic E-state index is 13.3. The first kappa shape index (κ1) is 20.5. The van der Waals surface area contributed by atoms with Crippen LogP contribution in [-0.2, 0) is 4.79 Å². The minimum atomic E-state index is -0.798. The third kappa shape index (κ3) is 4.53. The molecule has 2 N–H and O–H groups in total. The molecule has 156 valence electrons. The molecule has 0 aliphatic carbocycles. The Labute approximate surface area is 180 Å². The summed E-state index contributed by atoms with van der Waals surface area (Å²) in [6.07, 6.45) is 1.74. The molecule has 31 heavy (non-hydrogen) atoms. The second-order valence-electron chi connectivity index (χ2n) is 7.74. The SMILES string of the molecule is Cc1ccc(C(=O)N[C@H]2C(=O)N/[N+](=C\c3ccc(F)cc3)[C@H]2c2ccc(C)cc2)cc1. The number of carbonyl (C=O) groups is 2. The number of hydrazone groups is 1. The van der Waals surface area contributed by atoms with Gasteiger partial charge in [-0.05, 0) is 50.2 Å². The van der Waals surface area contributed by atoms with E-state index in [0.717, 1.165) is 22.3 Å². The molecule has 0 spiro atoms. The van der Waals surface area contributed by atoms with Crippen molar-refractivity contribution in [2.24, 2.45) is 0 Å². The van der Waals surface area contributed by atoms with Crippen molar-refractivity contribution in [2.45, 2.75) is 25.9 Å². The fourth-order valence-corrected chi connectivity index (χ4v) is 3.58. The van der Waals surface area contributed by atoms with Crippen LogP contribution in [0.5, 0.6) is 0 Å². The number of halogens is 1. The Balaban J connectivity index is 1.69. The number of rotatable bonds is 4. The minimum absolute atomic E-state index is 0.315. The van der Waals surface area contributed by atoms with Crippen LogP contribution in [0.1, 0.15) is 38.7 Å². The van der Waals surface area contributed by atoms with E-state index in [-0.39, 0.29) is 17.6 Å². The van der Waals surface area contributed by atoms with Gasteiger partial charge in [0, 0.05) is 16.7 Å². The van der Waals surface area contributed by atoms with Gasteiger partial charge in [-0.15, -0.1) is 10.1 Å². The van der Waals surface area contributed by atoms with Crippen LogP contribution in [0, 0.1) is 19.7 Å². The standard InChI is InChI=1S/C25H22FN3O2/c1-16-3-9-19(10-4-16)23-22(27-24(30)20-11-5-17(2)6-12-20)25(31)28-29(23)15-18-7-13-21(26)14-8-18/h3-15,22-23H,1-2H3,(H-,27,28,30,31)/p+1/b29-15-/t22-,23+/m1/s1. The molecule has 3 aromatic carbocycles. The molecule has 2 atom stereocenters. The van der Waals surface area contributed by atoms with Crippen LogP contribution in [0.3, 0.4) is 0 Å². The summed E-state index contributed by atoms with van der Waals surface area (Å²) in [7, 11) is 0. The quantitative estimate of drug-likeness (QED) is 0.640. The maximum absolute atomic E-state index is 13.3. The van der Waals surface area contributed by atoms with E-state index in [1.807, 2.05) is 50.2 Å². The van der Waals surface area contributed by atoms with Gasteiger partial charge < -0.3 is 5.32 Å². The predicted octanol–water partition coefficient (Wildman–Crippen LogP) is 3.46. The summed E-state index contributed by atoms with van der Waals surface area (Å²) in [5.74, 6) is -0.966. The van der Waals surface area contributed by atoms with Gasteiger partial charge >= 0.3 is 5.91 Å². The number of nitrogens with zero attached hydrogens (tertiary/aromatic N) is 1. The molecular formula is C25H23FN3O2+. The molecule has 0 unspecified atom stereocenters. The van der Waals surface area contributed by atoms with Crippen molar-refractivity contribution in [2.75, 3.05) is 0 Å². The van der Waals surface area contributed by atoms with Gasteiger partial charge in [-0.1, -0.05) is 47.5 Å². The molecule has 1 saturated heterocycles. The largest absolute Gasteiger partial charge is 0.334 e. The maximum Gasteiger partial charge on any atom is 0.304 e. The zero-order valence-corrected chi connectivity index (χ0v) is 17.3. The van der Waals surface area contributed by atoms with Crippen molar-refractivity contribution in [3.8, 4) is 0 Å². The van der Waals surface area contributed by atoms with Crippen molar-refractivity contribution in [3.63, 3.8) is 0 Å². The number of benzene rings is 3. The fraction of sp³-hybridized carbons (Fsp3) is 0.160. The molecular weight excluding hydrogens is 393 g/mol. The van der Waals surface area contributed by atoms with E-state index in [4.69, 9.17) is 0 Å². The van der Waals surface area contributed by atoms with Crippen LogP contribution in [0.25, 0.3) is 0 Å². The highest BCUT2D eigenvalue weighted by molar-refractivity contribution is 5.98. The van der Waals surface area contributed by atoms with Crippen LogP contribution in [0.15, 0.2) is 72.8 Å². The number of hydrogen-bond acceptors (Lipinski definition) is 2. The normalized spacial score (nSPS) is 19.3. The number of amides is 2. The number of aryl methyl sites for hydroxylation is 2. The number of hydrazine groups is 1. The van der Waals surface area contributed by atoms with Crippen LogP contribution in [-0.4, -0.2) is 28.8 Å². The van der Waals surface area contributed by atoms with Gasteiger partial charge in [0.25, 0.3) is 5.91 Å². The summed E-state index contributed by atoms with van der Waals surface area (Å²) in [6, 6.07) is 19.7. The van der Waals surface area contributed by atoms with E-state index in [1.165, 1.54) is 12.1 Å². The van der Waals surface area contributed by atoms with Gasteiger partial charge in [-0.2, -0.15) is 0 Å². The minimum Gasteiger partial charge on any atom is -0.334 e. The first-order valence-electron chi connectivity index (χ1n) is 10.0. The Morgan fingerprint density at radius 3 is 2.13 bits per heavy atom. The first-order chi connectivity index (χ1) is 14.9. The summed E-state index contributed by atoms with van der Waals surface area (Å²) in [4.78, 5) is 25.7. The van der Waals surface area contributed by atoms with Crippen molar-refractivity contribution < 1.29 is 18.7 Å². The van der Waals surface area contributed by atoms with Crippen molar-refractivity contribution >= 4 is 18.0 Å². The Morgan fingerprint density at radius 1 is 0.935 bits per heavy atom. The molecule has 1 fully saturated rings. The van der Waals surface area contributed by atoms with E-state index in [0.29, 0.717) is 5.56 Å². The molecule has 0 saturated carbocycles. The molecule has 0 aromatic heterocycles. The lowest BCUT2D eigenvalue weighted by atomic mass is 9.98. The Hall–Kier alpha value is -3.80. The molecule has 1 aliphatic rings. The number of hydrogen-bond donors (Lipinski definition) is 2. The average molecular weight is 416 g/mol. The van der Waals surface area contributed by atoms with Crippen molar-refractivity contribution in [3.05, 3.63) is 106 Å². The predicted molar refractivity (Wildman–Crippen MR) is 116 cm³/mol. The van der Waals surface area contributed by atoms with Gasteiger partial charge in [-0.3, -0.25) is 9.59 Å². The lowest BCUT2D eigenvalue weighted by Gasteiger charge is -2.15. The highest BCUT2D eigenvalue weighted by Gasteiger charge is 2.47. The fourth-order valence-electron chi connectivity index (χ4n) is 3.58. The van der Waals surface area contributed by atoms with E-state index in [2.05, 4.69) is 10.7 Å². The van der Waals surface area contributed by atoms with Gasteiger partial charge in [0.05, 0.1) is 0 Å². The van der Waals surface area contributed by atoms with Crippen LogP contribution in [0.2, 0.25) is 0 Å². The first-order valence-corrected chi connectivity index (χ1v) is 10.0. The molecule has 3 aromatic rings. The van der Waals surface area contributed by atoms with Crippen LogP contribution >= 0.6 is 0 Å². The van der Waals surface area contributed by atoms with E-state index in [1.54, 1.807) is 35.2 Å². The second kappa shape index (κ2) is 8.52. The molecule has 6 heteroatoms. The van der Waals surface area contributed by atoms with Gasteiger partial charge in [0.2, 0.25) is 12.3 Å². The third-order valence-corrected chi connectivity index (χ3v) is 5.31. The smallest absolute Gasteiger partial charge is 0.304 e. The lowest BCUT2D eigenvalue weighted by Crippen LogP contribution is -2.42. The molecule has 0 radical (unpaired) electrons. The summed E-state index contributed by atoms with van der Waals surface area (Å²) in [5.41, 5.74) is 7.05. The summed E-state index contributed by atoms with van der Waals surface area (Å²) in [5, 5.41) is 2.88. The van der Waals surface area contributed by atoms with Crippen molar-refractivity contribution in [1.29, 1.82) is 0 Å². The summed E-state index contributed by atoms with van der Waals surface area (Å²) >= 11 is 0. The summed E-state index contributed by atoms with van der Waals surface area (Å²) in [6.45, 7) is 3.93. The zero-order valence-electron chi connectivity index (χ0n) is 17.3. The average Bonchev–Trinajstić information content (AvgIpc) is 3.05. The van der Waals surface area contributed by atoms with E-state index >= 15 is 0 Å². The molecule has 5 nitrogen and oxygen atoms in total. The Morgan fingerprint density at radius 2 is 1.52 bits per heavy atom. The monoisotopic (exact) mass is 416 g/mol. The molecule has 2 amide bonds. The topological polar surface area (TPSA) is 61.2 Å². The molecule has 4 rings (SSSR count). The second-order valence-corrected chi connectivity index (χ2v) is 7.74. The number of nitrogens with one attached hydrogen (secondary N) is 2. The Bertz CT molecular complexity index is 1140. The zero-order chi connectivity index (χ0) is 22.0. The molecule has 0 bridgehead atoms. The number of carbonyl (C=O) groups excluding carboxylic acids is 2. The van der Waals surface area contributed by atoms with Gasteiger partial charge in [-0.25, -0.2) is 4.39 Å². The van der Waals surface area contributed by atoms with E-state index in [9.17, 15) is 14.0 Å². The highest BCUT2D eigenvalue weighted by Crippen LogP contribution is 2.26. The van der Waals surface area contributed by atoms with Crippen LogP contribution < -0.4 is 10.7 Å². The van der Waals surface area contributed by atoms with Crippen molar-refractivity contribution in [1.82, 2.24) is 10.7 Å². The summed E-state index contributed by atoms with van der Waals surface area (Å²) < 4.78 is 15.0. The van der Waals surface area contributed by atoms with Crippen LogP contribution in [0.4, 0.5) is 4.39 Å². The van der Waals surface area contributed by atoms with E-state index < -0.39 is 12.1 Å². The molecule has 1 aliphatic heterocycles. The molecule has 1 heterocycles.